The van der Waals surface area contributed by atoms with Crippen LogP contribution in [0.4, 0.5) is 13.2 Å². The van der Waals surface area contributed by atoms with E-state index in [1.54, 1.807) is 0 Å². The van der Waals surface area contributed by atoms with E-state index in [0.717, 1.165) is 43.9 Å². The number of ether oxygens (including phenoxy) is 1. The molecule has 1 saturated carbocycles. The van der Waals surface area contributed by atoms with E-state index in [9.17, 15) is 23.4 Å². The summed E-state index contributed by atoms with van der Waals surface area (Å²) in [5, 5.41) is 20.0. The molecule has 118 valence electrons. The van der Waals surface area contributed by atoms with Crippen LogP contribution in [0.5, 0.6) is 11.5 Å². The van der Waals surface area contributed by atoms with Crippen molar-refractivity contribution in [2.24, 2.45) is 11.7 Å². The maximum absolute atomic E-state index is 12.2. The van der Waals surface area contributed by atoms with E-state index < -0.39 is 24.3 Å². The maximum atomic E-state index is 12.2. The fourth-order valence-corrected chi connectivity index (χ4v) is 2.77. The number of hydrogen-bond acceptors (Lipinski definition) is 4. The van der Waals surface area contributed by atoms with Crippen molar-refractivity contribution >= 4 is 0 Å². The lowest BCUT2D eigenvalue weighted by Gasteiger charge is -2.25. The molecule has 2 atom stereocenters. The number of aliphatic hydroxyl groups excluding tert-OH is 1. The zero-order valence-electron chi connectivity index (χ0n) is 11.3. The molecule has 0 aromatic heterocycles. The van der Waals surface area contributed by atoms with Gasteiger partial charge in [0.2, 0.25) is 0 Å². The van der Waals surface area contributed by atoms with Crippen molar-refractivity contribution < 1.29 is 28.1 Å². The smallest absolute Gasteiger partial charge is 0.508 e. The van der Waals surface area contributed by atoms with E-state index in [1.807, 2.05) is 0 Å². The third-order valence-electron chi connectivity index (χ3n) is 3.84. The molecule has 7 heteroatoms. The number of alkyl halides is 3. The number of hydrogen-bond donors (Lipinski definition) is 3. The molecule has 0 amide bonds. The highest BCUT2D eigenvalue weighted by molar-refractivity contribution is 5.41. The Labute approximate surface area is 120 Å². The predicted octanol–water partition coefficient (Wildman–Crippen LogP) is 2.84. The second-order valence-electron chi connectivity index (χ2n) is 5.33. The normalized spacial score (nSPS) is 19.5. The van der Waals surface area contributed by atoms with Crippen molar-refractivity contribution in [2.75, 3.05) is 0 Å². The number of benzene rings is 1. The number of halogens is 3. The van der Waals surface area contributed by atoms with Gasteiger partial charge in [0.15, 0.2) is 0 Å². The monoisotopic (exact) mass is 305 g/mol. The van der Waals surface area contributed by atoms with Gasteiger partial charge in [-0.15, -0.1) is 13.2 Å². The number of phenolic OH excluding ortho intramolecular Hbond substituents is 1. The Balaban J connectivity index is 2.18. The van der Waals surface area contributed by atoms with Gasteiger partial charge in [0.25, 0.3) is 0 Å². The van der Waals surface area contributed by atoms with Crippen LogP contribution in [0.2, 0.25) is 0 Å². The highest BCUT2D eigenvalue weighted by Crippen LogP contribution is 2.36. The molecule has 0 spiro atoms. The van der Waals surface area contributed by atoms with Crippen molar-refractivity contribution in [3.63, 3.8) is 0 Å². The molecule has 0 bridgehead atoms. The molecule has 0 heterocycles. The third kappa shape index (κ3) is 4.01. The quantitative estimate of drug-likeness (QED) is 0.799. The van der Waals surface area contributed by atoms with Gasteiger partial charge in [0, 0.05) is 5.56 Å². The highest BCUT2D eigenvalue weighted by atomic mass is 19.4. The van der Waals surface area contributed by atoms with Gasteiger partial charge in [-0.2, -0.15) is 0 Å². The first kappa shape index (κ1) is 15.9. The van der Waals surface area contributed by atoms with Gasteiger partial charge in [-0.05, 0) is 37.0 Å². The van der Waals surface area contributed by atoms with E-state index in [1.165, 1.54) is 0 Å². The summed E-state index contributed by atoms with van der Waals surface area (Å²) in [6.45, 7) is 0. The van der Waals surface area contributed by atoms with Crippen molar-refractivity contribution in [1.82, 2.24) is 0 Å². The summed E-state index contributed by atoms with van der Waals surface area (Å²) in [6, 6.07) is 2.15. The molecule has 0 radical (unpaired) electrons. The summed E-state index contributed by atoms with van der Waals surface area (Å²) in [7, 11) is 0. The first-order valence-electron chi connectivity index (χ1n) is 6.80. The Morgan fingerprint density at radius 2 is 1.86 bits per heavy atom. The van der Waals surface area contributed by atoms with E-state index in [2.05, 4.69) is 4.74 Å². The second-order valence-corrected chi connectivity index (χ2v) is 5.33. The lowest BCUT2D eigenvalue weighted by molar-refractivity contribution is -0.274. The molecule has 0 aliphatic heterocycles. The summed E-state index contributed by atoms with van der Waals surface area (Å²) in [4.78, 5) is 0. The predicted molar refractivity (Wildman–Crippen MR) is 69.7 cm³/mol. The van der Waals surface area contributed by atoms with Crippen LogP contribution >= 0.6 is 0 Å². The number of phenols is 1. The van der Waals surface area contributed by atoms with Crippen LogP contribution in [-0.2, 0) is 0 Å². The molecule has 4 N–H and O–H groups in total. The molecule has 2 rings (SSSR count). The molecule has 1 aromatic rings. The van der Waals surface area contributed by atoms with Crippen LogP contribution in [0.25, 0.3) is 0 Å². The van der Waals surface area contributed by atoms with Crippen LogP contribution in [-0.4, -0.2) is 22.7 Å². The zero-order chi connectivity index (χ0) is 15.6. The van der Waals surface area contributed by atoms with E-state index in [0.29, 0.717) is 0 Å². The van der Waals surface area contributed by atoms with Gasteiger partial charge in [-0.3, -0.25) is 0 Å². The highest BCUT2D eigenvalue weighted by Gasteiger charge is 2.33. The van der Waals surface area contributed by atoms with Crippen LogP contribution in [0, 0.1) is 5.92 Å². The second kappa shape index (κ2) is 6.11. The Bertz CT molecular complexity index is 487. The molecule has 4 nitrogen and oxygen atoms in total. The van der Waals surface area contributed by atoms with E-state index >= 15 is 0 Å². The minimum absolute atomic E-state index is 0.00610. The summed E-state index contributed by atoms with van der Waals surface area (Å²) in [5.41, 5.74) is 5.96. The molecular formula is C14H18F3NO3. The topological polar surface area (TPSA) is 75.7 Å². The Kier molecular flexibility index (Phi) is 4.63. The van der Waals surface area contributed by atoms with Crippen LogP contribution in [0.3, 0.4) is 0 Å². The molecule has 1 aliphatic carbocycles. The molecule has 0 unspecified atom stereocenters. The van der Waals surface area contributed by atoms with Crippen LogP contribution in [0.1, 0.15) is 37.3 Å². The summed E-state index contributed by atoms with van der Waals surface area (Å²) >= 11 is 0. The summed E-state index contributed by atoms with van der Waals surface area (Å²) < 4.78 is 40.4. The van der Waals surface area contributed by atoms with E-state index in [-0.39, 0.29) is 17.2 Å². The van der Waals surface area contributed by atoms with Gasteiger partial charge in [-0.25, -0.2) is 0 Å². The fraction of sp³-hybridized carbons (Fsp3) is 0.571. The van der Waals surface area contributed by atoms with Gasteiger partial charge >= 0.3 is 6.36 Å². The molecule has 0 saturated heterocycles. The summed E-state index contributed by atoms with van der Waals surface area (Å²) in [5.74, 6) is -0.718. The number of aliphatic hydroxyl groups is 1. The number of nitrogens with two attached hydrogens (primary N) is 1. The number of rotatable bonds is 4. The lowest BCUT2D eigenvalue weighted by Crippen LogP contribution is -2.32. The molecule has 1 aromatic carbocycles. The minimum Gasteiger partial charge on any atom is -0.508 e. The van der Waals surface area contributed by atoms with Crippen LogP contribution in [0.15, 0.2) is 18.2 Å². The molecule has 21 heavy (non-hydrogen) atoms. The fourth-order valence-electron chi connectivity index (χ4n) is 2.77. The van der Waals surface area contributed by atoms with Crippen LogP contribution < -0.4 is 10.5 Å². The average molecular weight is 305 g/mol. The number of aromatic hydroxyl groups is 1. The maximum Gasteiger partial charge on any atom is 0.573 e. The van der Waals surface area contributed by atoms with Crippen molar-refractivity contribution in [2.45, 2.75) is 44.2 Å². The van der Waals surface area contributed by atoms with Gasteiger partial charge in [0.05, 0.1) is 12.1 Å². The Morgan fingerprint density at radius 3 is 2.43 bits per heavy atom. The van der Waals surface area contributed by atoms with Crippen molar-refractivity contribution in [3.8, 4) is 11.5 Å². The van der Waals surface area contributed by atoms with Crippen molar-refractivity contribution in [3.05, 3.63) is 23.8 Å². The average Bonchev–Trinajstić information content (AvgIpc) is 2.91. The van der Waals surface area contributed by atoms with Gasteiger partial charge in [-0.1, -0.05) is 12.8 Å². The standard InChI is InChI=1S/C14H18F3NO3/c15-14(16,17)21-9-5-6-11(19)10(7-9)12(18)13(20)8-3-1-2-4-8/h5-8,12-13,19-20H,1-4,18H2/t12-,13+/m0/s1. The Morgan fingerprint density at radius 1 is 1.24 bits per heavy atom. The minimum atomic E-state index is -4.82. The van der Waals surface area contributed by atoms with Gasteiger partial charge < -0.3 is 20.7 Å². The SMILES string of the molecule is N[C@@H](c1cc(OC(F)(F)F)ccc1O)[C@H](O)C1CCCC1. The largest absolute Gasteiger partial charge is 0.573 e. The Hall–Kier alpha value is -1.47. The lowest BCUT2D eigenvalue weighted by atomic mass is 9.90. The molecular weight excluding hydrogens is 287 g/mol. The first-order valence-corrected chi connectivity index (χ1v) is 6.80. The first-order chi connectivity index (χ1) is 9.78. The molecule has 1 aliphatic rings. The van der Waals surface area contributed by atoms with E-state index in [4.69, 9.17) is 5.73 Å². The third-order valence-corrected chi connectivity index (χ3v) is 3.84. The summed E-state index contributed by atoms with van der Waals surface area (Å²) in [6.07, 6.45) is -2.07. The van der Waals surface area contributed by atoms with Gasteiger partial charge in [0.1, 0.15) is 11.5 Å². The molecule has 1 fully saturated rings. The zero-order valence-corrected chi connectivity index (χ0v) is 11.3. The van der Waals surface area contributed by atoms with Crippen molar-refractivity contribution in [1.29, 1.82) is 0 Å².